The van der Waals surface area contributed by atoms with Gasteiger partial charge in [0.1, 0.15) is 5.76 Å². The van der Waals surface area contributed by atoms with E-state index in [1.165, 1.54) is 4.88 Å². The summed E-state index contributed by atoms with van der Waals surface area (Å²) in [6, 6.07) is 8.21. The summed E-state index contributed by atoms with van der Waals surface area (Å²) in [5, 5.41) is 5.53. The third-order valence-electron chi connectivity index (χ3n) is 2.24. The van der Waals surface area contributed by atoms with E-state index < -0.39 is 0 Å². The molecule has 0 aliphatic carbocycles. The Morgan fingerprint density at radius 3 is 3.00 bits per heavy atom. The van der Waals surface area contributed by atoms with Gasteiger partial charge in [0.25, 0.3) is 0 Å². The Balaban J connectivity index is 1.56. The second-order valence-electron chi connectivity index (χ2n) is 3.44. The van der Waals surface area contributed by atoms with Crippen molar-refractivity contribution in [3.8, 4) is 0 Å². The minimum absolute atomic E-state index is 0.982. The minimum Gasteiger partial charge on any atom is -0.469 e. The highest BCUT2D eigenvalue weighted by atomic mass is 32.1. The summed E-state index contributed by atoms with van der Waals surface area (Å²) in [6.07, 6.45) is 3.87. The van der Waals surface area contributed by atoms with Crippen LogP contribution in [0.1, 0.15) is 17.1 Å². The van der Waals surface area contributed by atoms with Crippen molar-refractivity contribution < 1.29 is 4.42 Å². The summed E-state index contributed by atoms with van der Waals surface area (Å²) in [5.74, 6) is 1.08. The average molecular weight is 221 g/mol. The molecule has 2 nitrogen and oxygen atoms in total. The van der Waals surface area contributed by atoms with Crippen molar-refractivity contribution in [1.82, 2.24) is 5.32 Å². The van der Waals surface area contributed by atoms with Crippen molar-refractivity contribution in [2.45, 2.75) is 19.4 Å². The smallest absolute Gasteiger partial charge is 0.103 e. The standard InChI is InChI=1S/C12H15NOS/c1(4-11-5-2-8-14-11)7-13-10-12-6-3-9-15-12/h2-3,5-6,8-9,13H,1,4,7,10H2. The maximum atomic E-state index is 5.26. The normalized spacial score (nSPS) is 10.7. The Labute approximate surface area is 93.9 Å². The van der Waals surface area contributed by atoms with Crippen LogP contribution in [0, 0.1) is 0 Å². The molecule has 0 radical (unpaired) electrons. The zero-order chi connectivity index (χ0) is 10.3. The molecule has 0 unspecified atom stereocenters. The number of aryl methyl sites for hydroxylation is 1. The lowest BCUT2D eigenvalue weighted by molar-refractivity contribution is 0.496. The van der Waals surface area contributed by atoms with Crippen LogP contribution in [0.2, 0.25) is 0 Å². The van der Waals surface area contributed by atoms with Gasteiger partial charge >= 0.3 is 0 Å². The molecule has 0 bridgehead atoms. The molecule has 3 heteroatoms. The van der Waals surface area contributed by atoms with Crippen LogP contribution in [-0.4, -0.2) is 6.54 Å². The van der Waals surface area contributed by atoms with Gasteiger partial charge in [-0.3, -0.25) is 0 Å². The maximum absolute atomic E-state index is 5.26. The Kier molecular flexibility index (Phi) is 4.00. The molecule has 2 aromatic heterocycles. The van der Waals surface area contributed by atoms with Crippen molar-refractivity contribution in [3.05, 3.63) is 46.5 Å². The summed E-state index contributed by atoms with van der Waals surface area (Å²) >= 11 is 1.80. The first kappa shape index (κ1) is 10.5. The number of furan rings is 1. The molecule has 0 aromatic carbocycles. The molecule has 0 amide bonds. The van der Waals surface area contributed by atoms with Gasteiger partial charge in [0.2, 0.25) is 0 Å². The first-order valence-corrected chi connectivity index (χ1v) is 6.08. The third kappa shape index (κ3) is 3.53. The topological polar surface area (TPSA) is 25.2 Å². The van der Waals surface area contributed by atoms with Gasteiger partial charge in [-0.2, -0.15) is 0 Å². The molecule has 0 atom stereocenters. The van der Waals surface area contributed by atoms with Gasteiger partial charge in [0.05, 0.1) is 6.26 Å². The van der Waals surface area contributed by atoms with E-state index in [4.69, 9.17) is 4.42 Å². The van der Waals surface area contributed by atoms with Crippen LogP contribution in [-0.2, 0) is 13.0 Å². The number of thiophene rings is 1. The molecule has 80 valence electrons. The molecule has 0 fully saturated rings. The molecule has 15 heavy (non-hydrogen) atoms. The van der Waals surface area contributed by atoms with Crippen molar-refractivity contribution in [2.24, 2.45) is 0 Å². The average Bonchev–Trinajstić information content (AvgIpc) is 2.88. The lowest BCUT2D eigenvalue weighted by Gasteiger charge is -2.01. The van der Waals surface area contributed by atoms with E-state index in [9.17, 15) is 0 Å². The molecule has 0 spiro atoms. The third-order valence-corrected chi connectivity index (χ3v) is 3.11. The largest absolute Gasteiger partial charge is 0.469 e. The number of nitrogens with one attached hydrogen (secondary N) is 1. The van der Waals surface area contributed by atoms with Crippen molar-refractivity contribution >= 4 is 11.3 Å². The van der Waals surface area contributed by atoms with Gasteiger partial charge in [-0.05, 0) is 36.5 Å². The summed E-state index contributed by atoms with van der Waals surface area (Å²) in [5.41, 5.74) is 0. The van der Waals surface area contributed by atoms with Crippen LogP contribution in [0.5, 0.6) is 0 Å². The highest BCUT2D eigenvalue weighted by Crippen LogP contribution is 2.07. The Morgan fingerprint density at radius 2 is 2.27 bits per heavy atom. The molecule has 0 aliphatic heterocycles. The fourth-order valence-corrected chi connectivity index (χ4v) is 2.14. The summed E-state index contributed by atoms with van der Waals surface area (Å²) in [4.78, 5) is 1.40. The molecule has 0 aliphatic rings. The quantitative estimate of drug-likeness (QED) is 0.758. The fraction of sp³-hybridized carbons (Fsp3) is 0.333. The minimum atomic E-state index is 0.982. The zero-order valence-electron chi connectivity index (χ0n) is 8.61. The van der Waals surface area contributed by atoms with Gasteiger partial charge in [0.15, 0.2) is 0 Å². The maximum Gasteiger partial charge on any atom is 0.103 e. The van der Waals surface area contributed by atoms with Crippen LogP contribution in [0.25, 0.3) is 0 Å². The second kappa shape index (κ2) is 5.73. The van der Waals surface area contributed by atoms with E-state index in [0.717, 1.165) is 31.7 Å². The van der Waals surface area contributed by atoms with Gasteiger partial charge < -0.3 is 9.73 Å². The molecule has 2 rings (SSSR count). The fourth-order valence-electron chi connectivity index (χ4n) is 1.47. The van der Waals surface area contributed by atoms with Crippen LogP contribution >= 0.6 is 11.3 Å². The van der Waals surface area contributed by atoms with E-state index in [1.807, 2.05) is 12.1 Å². The number of hydrogen-bond donors (Lipinski definition) is 1. The summed E-state index contributed by atoms with van der Waals surface area (Å²) < 4.78 is 5.26. The zero-order valence-corrected chi connectivity index (χ0v) is 9.43. The molecular weight excluding hydrogens is 206 g/mol. The number of rotatable bonds is 6. The monoisotopic (exact) mass is 221 g/mol. The first-order chi connectivity index (χ1) is 7.45. The van der Waals surface area contributed by atoms with Gasteiger partial charge in [-0.15, -0.1) is 11.3 Å². The van der Waals surface area contributed by atoms with E-state index in [0.29, 0.717) is 0 Å². The molecule has 0 saturated heterocycles. The van der Waals surface area contributed by atoms with Crippen LogP contribution < -0.4 is 5.32 Å². The van der Waals surface area contributed by atoms with Crippen LogP contribution in [0.15, 0.2) is 40.3 Å². The number of hydrogen-bond acceptors (Lipinski definition) is 3. The van der Waals surface area contributed by atoms with Gasteiger partial charge in [-0.1, -0.05) is 6.07 Å². The van der Waals surface area contributed by atoms with E-state index >= 15 is 0 Å². The molecule has 0 saturated carbocycles. The highest BCUT2D eigenvalue weighted by Gasteiger charge is 1.96. The Bertz CT molecular complexity index is 317. The van der Waals surface area contributed by atoms with Crippen LogP contribution in [0.3, 0.4) is 0 Å². The van der Waals surface area contributed by atoms with E-state index in [-0.39, 0.29) is 0 Å². The predicted molar refractivity (Wildman–Crippen MR) is 63.1 cm³/mol. The molecule has 2 heterocycles. The van der Waals surface area contributed by atoms with Crippen molar-refractivity contribution in [1.29, 1.82) is 0 Å². The molecule has 1 N–H and O–H groups in total. The van der Waals surface area contributed by atoms with Gasteiger partial charge in [0, 0.05) is 17.8 Å². The molecule has 2 aromatic rings. The van der Waals surface area contributed by atoms with Gasteiger partial charge in [-0.25, -0.2) is 0 Å². The Morgan fingerprint density at radius 1 is 1.27 bits per heavy atom. The van der Waals surface area contributed by atoms with E-state index in [1.54, 1.807) is 17.6 Å². The second-order valence-corrected chi connectivity index (χ2v) is 4.47. The van der Waals surface area contributed by atoms with Crippen molar-refractivity contribution in [3.63, 3.8) is 0 Å². The SMILES string of the molecule is c1coc(CCCNCc2cccs2)c1. The Hall–Kier alpha value is -1.06. The lowest BCUT2D eigenvalue weighted by atomic mass is 10.2. The van der Waals surface area contributed by atoms with Crippen LogP contribution in [0.4, 0.5) is 0 Å². The molecular formula is C12H15NOS. The summed E-state index contributed by atoms with van der Waals surface area (Å²) in [7, 11) is 0. The summed E-state index contributed by atoms with van der Waals surface area (Å²) in [6.45, 7) is 2.02. The first-order valence-electron chi connectivity index (χ1n) is 5.20. The highest BCUT2D eigenvalue weighted by molar-refractivity contribution is 7.09. The van der Waals surface area contributed by atoms with E-state index in [2.05, 4.69) is 22.8 Å². The lowest BCUT2D eigenvalue weighted by Crippen LogP contribution is -2.14. The predicted octanol–water partition coefficient (Wildman–Crippen LogP) is 3.06. The van der Waals surface area contributed by atoms with Crippen molar-refractivity contribution in [2.75, 3.05) is 6.54 Å².